The minimum absolute atomic E-state index is 0.0692. The second-order valence-electron chi connectivity index (χ2n) is 16.9. The molecule has 0 bridgehead atoms. The molecule has 0 heterocycles. The monoisotopic (exact) mass is 837 g/mol. The molecule has 1 atom stereocenters. The van der Waals surface area contributed by atoms with Crippen LogP contribution in [0.2, 0.25) is 0 Å². The summed E-state index contributed by atoms with van der Waals surface area (Å²) in [6.45, 7) is 4.04. The van der Waals surface area contributed by atoms with Gasteiger partial charge in [-0.1, -0.05) is 241 Å². The first kappa shape index (κ1) is 57.3. The minimum atomic E-state index is -0.778. The first-order valence-corrected chi connectivity index (χ1v) is 25.5. The number of hydrogen-bond donors (Lipinski definition) is 1. The van der Waals surface area contributed by atoms with Crippen molar-refractivity contribution in [1.29, 1.82) is 0 Å². The minimum Gasteiger partial charge on any atom is -0.462 e. The van der Waals surface area contributed by atoms with Crippen molar-refractivity contribution in [1.82, 2.24) is 0 Å². The van der Waals surface area contributed by atoms with E-state index in [4.69, 9.17) is 9.47 Å². The molecule has 5 heteroatoms. The lowest BCUT2D eigenvalue weighted by atomic mass is 10.0. The van der Waals surface area contributed by atoms with E-state index < -0.39 is 6.10 Å². The van der Waals surface area contributed by atoms with Crippen LogP contribution in [0.5, 0.6) is 0 Å². The zero-order valence-electron chi connectivity index (χ0n) is 39.5. The Kier molecular flexibility index (Phi) is 48.4. The average molecular weight is 837 g/mol. The summed E-state index contributed by atoms with van der Waals surface area (Å²) in [5.74, 6) is -0.594. The van der Waals surface area contributed by atoms with Crippen molar-refractivity contribution in [2.24, 2.45) is 0 Å². The normalized spacial score (nSPS) is 12.8. The van der Waals surface area contributed by atoms with Crippen LogP contribution >= 0.6 is 0 Å². The molecule has 0 radical (unpaired) electrons. The van der Waals surface area contributed by atoms with Crippen molar-refractivity contribution in [2.75, 3.05) is 13.2 Å². The van der Waals surface area contributed by atoms with Crippen LogP contribution in [-0.2, 0) is 19.1 Å². The predicted molar refractivity (Wildman–Crippen MR) is 260 cm³/mol. The standard InChI is InChI=1S/C55H96O5/c1-3-5-7-9-11-13-15-17-19-21-23-24-25-26-27-28-29-30-32-34-36-38-40-42-44-46-48-50-55(58)60-53(51-56)52-59-54(57)49-47-45-43-41-39-37-35-33-31-22-20-18-16-14-12-10-8-6-4-2/h5,7,11,13,17,19,23-24,26-27,29-30,53,56H,3-4,6,8-10,12,14-16,18,20-22,25,28,31-52H2,1-2H3/b7-5-,13-11-,19-17-,24-23-,27-26-,30-29-. The maximum Gasteiger partial charge on any atom is 0.306 e. The second-order valence-corrected chi connectivity index (χ2v) is 16.9. The van der Waals surface area contributed by atoms with Gasteiger partial charge in [0.15, 0.2) is 6.10 Å². The summed E-state index contributed by atoms with van der Waals surface area (Å²) in [7, 11) is 0. The molecule has 0 saturated heterocycles. The number of rotatable bonds is 46. The highest BCUT2D eigenvalue weighted by molar-refractivity contribution is 5.70. The van der Waals surface area contributed by atoms with Crippen LogP contribution in [0.1, 0.15) is 245 Å². The molecule has 0 aliphatic heterocycles. The molecule has 0 aromatic heterocycles. The highest BCUT2D eigenvalue weighted by atomic mass is 16.6. The Morgan fingerprint density at radius 3 is 1.08 bits per heavy atom. The molecule has 0 aliphatic rings. The van der Waals surface area contributed by atoms with Crippen molar-refractivity contribution in [3.8, 4) is 0 Å². The lowest BCUT2D eigenvalue weighted by Gasteiger charge is -2.15. The first-order chi connectivity index (χ1) is 29.6. The smallest absolute Gasteiger partial charge is 0.306 e. The second kappa shape index (κ2) is 50.7. The molecule has 1 unspecified atom stereocenters. The third-order valence-electron chi connectivity index (χ3n) is 11.0. The molecule has 0 aromatic carbocycles. The van der Waals surface area contributed by atoms with Crippen LogP contribution in [-0.4, -0.2) is 36.4 Å². The SMILES string of the molecule is CC/C=C\C/C=C\C/C=C\C/C=C\C/C=C\C/C=C\CCCCCCCCCCC(=O)OC(CO)COC(=O)CCCCCCCCCCCCCCCCCCCCC. The molecule has 0 saturated carbocycles. The van der Waals surface area contributed by atoms with Crippen LogP contribution in [0.4, 0.5) is 0 Å². The lowest BCUT2D eigenvalue weighted by molar-refractivity contribution is -0.161. The molecule has 0 spiro atoms. The molecule has 346 valence electrons. The van der Waals surface area contributed by atoms with Crippen LogP contribution in [0.25, 0.3) is 0 Å². The number of ether oxygens (including phenoxy) is 2. The van der Waals surface area contributed by atoms with Crippen molar-refractivity contribution < 1.29 is 24.2 Å². The summed E-state index contributed by atoms with van der Waals surface area (Å²) in [6, 6.07) is 0. The lowest BCUT2D eigenvalue weighted by Crippen LogP contribution is -2.28. The van der Waals surface area contributed by atoms with Crippen LogP contribution in [0.15, 0.2) is 72.9 Å². The summed E-state index contributed by atoms with van der Waals surface area (Å²) >= 11 is 0. The van der Waals surface area contributed by atoms with E-state index in [9.17, 15) is 14.7 Å². The van der Waals surface area contributed by atoms with E-state index in [1.807, 2.05) is 0 Å². The predicted octanol–water partition coefficient (Wildman–Crippen LogP) is 16.9. The van der Waals surface area contributed by atoms with Gasteiger partial charge >= 0.3 is 11.9 Å². The van der Waals surface area contributed by atoms with E-state index in [1.165, 1.54) is 135 Å². The molecule has 0 amide bonds. The van der Waals surface area contributed by atoms with Gasteiger partial charge in [0, 0.05) is 12.8 Å². The molecule has 0 aliphatic carbocycles. The Morgan fingerprint density at radius 2 is 0.717 bits per heavy atom. The summed E-state index contributed by atoms with van der Waals surface area (Å²) < 4.78 is 10.7. The number of carbonyl (C=O) groups is 2. The zero-order valence-corrected chi connectivity index (χ0v) is 39.5. The topological polar surface area (TPSA) is 72.8 Å². The summed E-state index contributed by atoms with van der Waals surface area (Å²) in [5.41, 5.74) is 0. The fourth-order valence-corrected chi connectivity index (χ4v) is 7.21. The molecule has 0 rings (SSSR count). The average Bonchev–Trinajstić information content (AvgIpc) is 3.25. The Hall–Kier alpha value is -2.66. The van der Waals surface area contributed by atoms with Gasteiger partial charge in [-0.3, -0.25) is 9.59 Å². The Labute approximate surface area is 372 Å². The Balaban J connectivity index is 3.54. The van der Waals surface area contributed by atoms with Gasteiger partial charge in [-0.05, 0) is 64.2 Å². The number of unbranched alkanes of at least 4 members (excludes halogenated alkanes) is 26. The van der Waals surface area contributed by atoms with E-state index in [0.717, 1.165) is 83.5 Å². The van der Waals surface area contributed by atoms with Gasteiger partial charge in [0.05, 0.1) is 6.61 Å². The maximum atomic E-state index is 12.3. The van der Waals surface area contributed by atoms with Gasteiger partial charge in [-0.25, -0.2) is 0 Å². The van der Waals surface area contributed by atoms with Gasteiger partial charge < -0.3 is 14.6 Å². The van der Waals surface area contributed by atoms with Gasteiger partial charge in [0.1, 0.15) is 6.61 Å². The van der Waals surface area contributed by atoms with Crippen molar-refractivity contribution in [3.05, 3.63) is 72.9 Å². The van der Waals surface area contributed by atoms with Crippen LogP contribution < -0.4 is 0 Å². The van der Waals surface area contributed by atoms with Gasteiger partial charge in [0.25, 0.3) is 0 Å². The summed E-state index contributed by atoms with van der Waals surface area (Å²) in [6.07, 6.45) is 68.5. The fourth-order valence-electron chi connectivity index (χ4n) is 7.21. The highest BCUT2D eigenvalue weighted by Crippen LogP contribution is 2.16. The van der Waals surface area contributed by atoms with E-state index in [1.54, 1.807) is 0 Å². The van der Waals surface area contributed by atoms with E-state index in [2.05, 4.69) is 86.8 Å². The third kappa shape index (κ3) is 48.0. The van der Waals surface area contributed by atoms with Crippen molar-refractivity contribution >= 4 is 11.9 Å². The number of esters is 2. The number of aliphatic hydroxyl groups is 1. The maximum absolute atomic E-state index is 12.3. The molecule has 60 heavy (non-hydrogen) atoms. The quantitative estimate of drug-likeness (QED) is 0.0376. The molecule has 0 aromatic rings. The van der Waals surface area contributed by atoms with Crippen LogP contribution in [0, 0.1) is 0 Å². The Bertz CT molecular complexity index is 1080. The molecule has 0 fully saturated rings. The number of carbonyl (C=O) groups excluding carboxylic acids is 2. The van der Waals surface area contributed by atoms with E-state index >= 15 is 0 Å². The highest BCUT2D eigenvalue weighted by Gasteiger charge is 2.16. The fraction of sp³-hybridized carbons (Fsp3) is 0.745. The Morgan fingerprint density at radius 1 is 0.400 bits per heavy atom. The molecular weight excluding hydrogens is 741 g/mol. The number of hydrogen-bond acceptors (Lipinski definition) is 5. The first-order valence-electron chi connectivity index (χ1n) is 25.5. The number of allylic oxidation sites excluding steroid dienone is 12. The molecule has 1 N–H and O–H groups in total. The van der Waals surface area contributed by atoms with Crippen molar-refractivity contribution in [2.45, 2.75) is 251 Å². The third-order valence-corrected chi connectivity index (χ3v) is 11.0. The van der Waals surface area contributed by atoms with Crippen LogP contribution in [0.3, 0.4) is 0 Å². The molecular formula is C55H96O5. The van der Waals surface area contributed by atoms with Crippen molar-refractivity contribution in [3.63, 3.8) is 0 Å². The molecule has 5 nitrogen and oxygen atoms in total. The van der Waals surface area contributed by atoms with Gasteiger partial charge in [-0.2, -0.15) is 0 Å². The largest absolute Gasteiger partial charge is 0.462 e. The van der Waals surface area contributed by atoms with E-state index in [-0.39, 0.29) is 25.2 Å². The summed E-state index contributed by atoms with van der Waals surface area (Å²) in [5, 5.41) is 9.63. The van der Waals surface area contributed by atoms with Gasteiger partial charge in [0.2, 0.25) is 0 Å². The van der Waals surface area contributed by atoms with E-state index in [0.29, 0.717) is 12.8 Å². The zero-order chi connectivity index (χ0) is 43.5. The summed E-state index contributed by atoms with van der Waals surface area (Å²) in [4.78, 5) is 24.4. The van der Waals surface area contributed by atoms with Gasteiger partial charge in [-0.15, -0.1) is 0 Å². The number of aliphatic hydroxyl groups excluding tert-OH is 1.